The van der Waals surface area contributed by atoms with Crippen molar-refractivity contribution in [1.29, 1.82) is 0 Å². The van der Waals surface area contributed by atoms with E-state index in [2.05, 4.69) is 34.5 Å². The van der Waals surface area contributed by atoms with E-state index in [4.69, 9.17) is 34.8 Å². The van der Waals surface area contributed by atoms with Crippen molar-refractivity contribution in [3.63, 3.8) is 0 Å². The average Bonchev–Trinajstić information content (AvgIpc) is 2.61. The Morgan fingerprint density at radius 3 is 2.27 bits per heavy atom. The molecule has 0 aliphatic carbocycles. The zero-order valence-electron chi connectivity index (χ0n) is 14.4. The predicted molar refractivity (Wildman–Crippen MR) is 109 cm³/mol. The molecule has 1 aliphatic heterocycles. The molecule has 26 heavy (non-hydrogen) atoms. The Hall–Kier alpha value is -1.26. The first-order chi connectivity index (χ1) is 12.5. The molecule has 0 aromatic heterocycles. The van der Waals surface area contributed by atoms with Crippen molar-refractivity contribution in [2.45, 2.75) is 19.3 Å². The number of anilines is 1. The van der Waals surface area contributed by atoms with Gasteiger partial charge in [-0.3, -0.25) is 9.69 Å². The summed E-state index contributed by atoms with van der Waals surface area (Å²) in [6.45, 7) is 2.19. The number of nitrogens with one attached hydrogen (secondary N) is 1. The Balaban J connectivity index is 1.48. The number of rotatable bonds is 5. The van der Waals surface area contributed by atoms with Gasteiger partial charge in [-0.05, 0) is 56.0 Å². The number of benzene rings is 2. The SMILES string of the molecule is O=C(CN1CCC(Cc2ccccc2)CC1)Nc1c(Cl)cc(Cl)cc1Cl. The Labute approximate surface area is 169 Å². The summed E-state index contributed by atoms with van der Waals surface area (Å²) in [4.78, 5) is 14.5. The Morgan fingerprint density at radius 2 is 1.65 bits per heavy atom. The highest BCUT2D eigenvalue weighted by molar-refractivity contribution is 6.42. The Bertz CT molecular complexity index is 736. The van der Waals surface area contributed by atoms with Crippen LogP contribution in [0.3, 0.4) is 0 Å². The van der Waals surface area contributed by atoms with Crippen LogP contribution in [0.15, 0.2) is 42.5 Å². The molecule has 2 aromatic carbocycles. The first-order valence-electron chi connectivity index (χ1n) is 8.72. The van der Waals surface area contributed by atoms with Gasteiger partial charge in [0.1, 0.15) is 0 Å². The minimum absolute atomic E-state index is 0.113. The van der Waals surface area contributed by atoms with Gasteiger partial charge in [-0.25, -0.2) is 0 Å². The number of halogens is 3. The maximum absolute atomic E-state index is 12.3. The van der Waals surface area contributed by atoms with Crippen LogP contribution in [0.2, 0.25) is 15.1 Å². The fourth-order valence-electron chi connectivity index (χ4n) is 3.34. The summed E-state index contributed by atoms with van der Waals surface area (Å²) in [5.74, 6) is 0.564. The predicted octanol–water partition coefficient (Wildman–Crippen LogP) is 5.54. The van der Waals surface area contributed by atoms with Gasteiger partial charge in [-0.1, -0.05) is 65.1 Å². The first-order valence-corrected chi connectivity index (χ1v) is 9.85. The van der Waals surface area contributed by atoms with Gasteiger partial charge in [-0.2, -0.15) is 0 Å². The van der Waals surface area contributed by atoms with Gasteiger partial charge < -0.3 is 5.32 Å². The van der Waals surface area contributed by atoms with Crippen molar-refractivity contribution >= 4 is 46.4 Å². The van der Waals surface area contributed by atoms with Crippen molar-refractivity contribution in [1.82, 2.24) is 4.90 Å². The third-order valence-electron chi connectivity index (χ3n) is 4.71. The first kappa shape index (κ1) is 19.5. The molecule has 1 saturated heterocycles. The van der Waals surface area contributed by atoms with Crippen LogP contribution in [0.25, 0.3) is 0 Å². The highest BCUT2D eigenvalue weighted by Gasteiger charge is 2.21. The average molecular weight is 412 g/mol. The smallest absolute Gasteiger partial charge is 0.238 e. The van der Waals surface area contributed by atoms with Gasteiger partial charge >= 0.3 is 0 Å². The summed E-state index contributed by atoms with van der Waals surface area (Å²) in [5.41, 5.74) is 1.80. The van der Waals surface area contributed by atoms with E-state index < -0.39 is 0 Å². The molecule has 2 aromatic rings. The molecule has 138 valence electrons. The summed E-state index contributed by atoms with van der Waals surface area (Å²) < 4.78 is 0. The zero-order chi connectivity index (χ0) is 18.5. The van der Waals surface area contributed by atoms with E-state index >= 15 is 0 Å². The lowest BCUT2D eigenvalue weighted by atomic mass is 9.90. The zero-order valence-corrected chi connectivity index (χ0v) is 16.6. The molecule has 0 bridgehead atoms. The van der Waals surface area contributed by atoms with Crippen molar-refractivity contribution < 1.29 is 4.79 Å². The van der Waals surface area contributed by atoms with Gasteiger partial charge in [-0.15, -0.1) is 0 Å². The van der Waals surface area contributed by atoms with E-state index in [1.807, 2.05) is 6.07 Å². The van der Waals surface area contributed by atoms with Crippen molar-refractivity contribution in [3.05, 3.63) is 63.1 Å². The highest BCUT2D eigenvalue weighted by atomic mass is 35.5. The van der Waals surface area contributed by atoms with Crippen LogP contribution in [0.4, 0.5) is 5.69 Å². The molecule has 3 rings (SSSR count). The van der Waals surface area contributed by atoms with Crippen LogP contribution >= 0.6 is 34.8 Å². The number of hydrogen-bond acceptors (Lipinski definition) is 2. The molecular weight excluding hydrogens is 391 g/mol. The standard InChI is InChI=1S/C20H21Cl3N2O/c21-16-11-17(22)20(18(23)12-16)24-19(26)13-25-8-6-15(7-9-25)10-14-4-2-1-3-5-14/h1-5,11-12,15H,6-10,13H2,(H,24,26). The number of likely N-dealkylation sites (tertiary alicyclic amines) is 1. The Morgan fingerprint density at radius 1 is 1.04 bits per heavy atom. The topological polar surface area (TPSA) is 32.3 Å². The third-order valence-corrected chi connectivity index (χ3v) is 5.53. The maximum atomic E-state index is 12.3. The lowest BCUT2D eigenvalue weighted by molar-refractivity contribution is -0.117. The maximum Gasteiger partial charge on any atom is 0.238 e. The molecule has 1 amide bonds. The summed E-state index contributed by atoms with van der Waals surface area (Å²) >= 11 is 18.1. The van der Waals surface area contributed by atoms with E-state index in [0.29, 0.717) is 33.2 Å². The lowest BCUT2D eigenvalue weighted by Gasteiger charge is -2.31. The molecular formula is C20H21Cl3N2O. The summed E-state index contributed by atoms with van der Waals surface area (Å²) in [5, 5.41) is 3.93. The van der Waals surface area contributed by atoms with E-state index in [9.17, 15) is 4.79 Å². The van der Waals surface area contributed by atoms with E-state index in [-0.39, 0.29) is 5.91 Å². The molecule has 0 saturated carbocycles. The van der Waals surface area contributed by atoms with Crippen molar-refractivity contribution in [2.75, 3.05) is 25.0 Å². The van der Waals surface area contributed by atoms with Crippen LogP contribution < -0.4 is 5.32 Å². The Kier molecular flexibility index (Phi) is 6.82. The van der Waals surface area contributed by atoms with Gasteiger partial charge in [0.05, 0.1) is 22.3 Å². The summed E-state index contributed by atoms with van der Waals surface area (Å²) in [7, 11) is 0. The second-order valence-electron chi connectivity index (χ2n) is 6.70. The second kappa shape index (κ2) is 9.09. The summed E-state index contributed by atoms with van der Waals surface area (Å²) in [6.07, 6.45) is 3.31. The number of carbonyl (C=O) groups excluding carboxylic acids is 1. The third kappa shape index (κ3) is 5.37. The minimum atomic E-state index is -0.113. The number of nitrogens with zero attached hydrogens (tertiary/aromatic N) is 1. The number of piperidine rings is 1. The molecule has 3 nitrogen and oxygen atoms in total. The molecule has 1 aliphatic rings. The number of amides is 1. The molecule has 0 unspecified atom stereocenters. The van der Waals surface area contributed by atoms with E-state index in [1.54, 1.807) is 12.1 Å². The van der Waals surface area contributed by atoms with E-state index in [1.165, 1.54) is 5.56 Å². The summed E-state index contributed by atoms with van der Waals surface area (Å²) in [6, 6.07) is 13.7. The quantitative estimate of drug-likeness (QED) is 0.700. The van der Waals surface area contributed by atoms with Gasteiger partial charge in [0, 0.05) is 5.02 Å². The molecule has 1 fully saturated rings. The fraction of sp³-hybridized carbons (Fsp3) is 0.350. The molecule has 0 atom stereocenters. The van der Waals surface area contributed by atoms with Crippen LogP contribution in [0, 0.1) is 5.92 Å². The molecule has 6 heteroatoms. The molecule has 0 radical (unpaired) electrons. The minimum Gasteiger partial charge on any atom is -0.322 e. The van der Waals surface area contributed by atoms with Gasteiger partial charge in [0.25, 0.3) is 0 Å². The van der Waals surface area contributed by atoms with Gasteiger partial charge in [0.2, 0.25) is 5.91 Å². The van der Waals surface area contributed by atoms with Crippen molar-refractivity contribution in [2.24, 2.45) is 5.92 Å². The van der Waals surface area contributed by atoms with Gasteiger partial charge in [0.15, 0.2) is 0 Å². The highest BCUT2D eigenvalue weighted by Crippen LogP contribution is 2.33. The normalized spacial score (nSPS) is 15.8. The molecule has 0 spiro atoms. The molecule has 1 N–H and O–H groups in total. The second-order valence-corrected chi connectivity index (χ2v) is 7.95. The van der Waals surface area contributed by atoms with Crippen LogP contribution in [0.1, 0.15) is 18.4 Å². The fourth-order valence-corrected chi connectivity index (χ4v) is 4.25. The van der Waals surface area contributed by atoms with Crippen LogP contribution in [-0.4, -0.2) is 30.4 Å². The van der Waals surface area contributed by atoms with Crippen LogP contribution in [0.5, 0.6) is 0 Å². The van der Waals surface area contributed by atoms with Crippen molar-refractivity contribution in [3.8, 4) is 0 Å². The van der Waals surface area contributed by atoms with Crippen LogP contribution in [-0.2, 0) is 11.2 Å². The molecule has 1 heterocycles. The monoisotopic (exact) mass is 410 g/mol. The largest absolute Gasteiger partial charge is 0.322 e. The number of hydrogen-bond donors (Lipinski definition) is 1. The number of carbonyl (C=O) groups is 1. The lowest BCUT2D eigenvalue weighted by Crippen LogP contribution is -2.39. The van der Waals surface area contributed by atoms with E-state index in [0.717, 1.165) is 32.4 Å².